The summed E-state index contributed by atoms with van der Waals surface area (Å²) in [5, 5.41) is 9.68. The molecule has 0 aliphatic carbocycles. The second-order valence-electron chi connectivity index (χ2n) is 4.01. The van der Waals surface area contributed by atoms with Gasteiger partial charge in [-0.1, -0.05) is 24.3 Å². The third-order valence-electron chi connectivity index (χ3n) is 2.64. The molecule has 1 aromatic heterocycles. The minimum Gasteiger partial charge on any atom is -0.350 e. The van der Waals surface area contributed by atoms with Gasteiger partial charge in [-0.25, -0.2) is 0 Å². The van der Waals surface area contributed by atoms with Crippen molar-refractivity contribution in [1.29, 1.82) is 0 Å². The van der Waals surface area contributed by atoms with Crippen molar-refractivity contribution in [2.45, 2.75) is 19.9 Å². The standard InChI is InChI=1S/C13H15N3O/c1-9(15-10(2)17)11-3-5-12(6-4-11)13-7-8-14-16-13/h3-9H,1-2H3,(H,14,16)(H,15,17)/t9-/m1/s1. The Bertz CT molecular complexity index is 488. The molecule has 17 heavy (non-hydrogen) atoms. The topological polar surface area (TPSA) is 57.8 Å². The van der Waals surface area contributed by atoms with Crippen LogP contribution < -0.4 is 5.32 Å². The number of nitrogens with zero attached hydrogens (tertiary/aromatic N) is 1. The summed E-state index contributed by atoms with van der Waals surface area (Å²) >= 11 is 0. The van der Waals surface area contributed by atoms with E-state index >= 15 is 0 Å². The fourth-order valence-corrected chi connectivity index (χ4v) is 1.76. The van der Waals surface area contributed by atoms with Crippen LogP contribution in [0.5, 0.6) is 0 Å². The predicted molar refractivity (Wildman–Crippen MR) is 66.3 cm³/mol. The van der Waals surface area contributed by atoms with E-state index in [0.717, 1.165) is 16.8 Å². The minimum absolute atomic E-state index is 0.0184. The van der Waals surface area contributed by atoms with Gasteiger partial charge < -0.3 is 5.32 Å². The smallest absolute Gasteiger partial charge is 0.217 e. The highest BCUT2D eigenvalue weighted by Gasteiger charge is 2.06. The molecule has 0 saturated carbocycles. The summed E-state index contributed by atoms with van der Waals surface area (Å²) in [5.41, 5.74) is 3.16. The van der Waals surface area contributed by atoms with Crippen LogP contribution >= 0.6 is 0 Å². The SMILES string of the molecule is CC(=O)N[C@H](C)c1ccc(-c2ccn[nH]2)cc1. The van der Waals surface area contributed by atoms with Gasteiger partial charge in [-0.15, -0.1) is 0 Å². The van der Waals surface area contributed by atoms with Crippen LogP contribution in [-0.2, 0) is 4.79 Å². The Kier molecular flexibility index (Phi) is 3.23. The lowest BCUT2D eigenvalue weighted by Gasteiger charge is -2.13. The molecule has 2 rings (SSSR count). The van der Waals surface area contributed by atoms with E-state index in [2.05, 4.69) is 15.5 Å². The van der Waals surface area contributed by atoms with Gasteiger partial charge in [0.15, 0.2) is 0 Å². The van der Waals surface area contributed by atoms with E-state index in [1.165, 1.54) is 6.92 Å². The molecule has 0 bridgehead atoms. The number of H-pyrrole nitrogens is 1. The first-order valence-corrected chi connectivity index (χ1v) is 5.53. The lowest BCUT2D eigenvalue weighted by molar-refractivity contribution is -0.119. The number of benzene rings is 1. The van der Waals surface area contributed by atoms with E-state index in [-0.39, 0.29) is 11.9 Å². The van der Waals surface area contributed by atoms with Gasteiger partial charge in [0, 0.05) is 13.1 Å². The zero-order valence-corrected chi connectivity index (χ0v) is 9.90. The molecule has 0 saturated heterocycles. The maximum absolute atomic E-state index is 11.0. The third kappa shape index (κ3) is 2.72. The molecule has 0 fully saturated rings. The van der Waals surface area contributed by atoms with Crippen molar-refractivity contribution >= 4 is 5.91 Å². The highest BCUT2D eigenvalue weighted by atomic mass is 16.1. The average Bonchev–Trinajstić information content (AvgIpc) is 2.82. The number of carbonyl (C=O) groups excluding carboxylic acids is 1. The zero-order valence-electron chi connectivity index (χ0n) is 9.90. The molecule has 0 aliphatic rings. The Balaban J connectivity index is 2.15. The van der Waals surface area contributed by atoms with Gasteiger partial charge in [-0.3, -0.25) is 9.89 Å². The molecule has 4 nitrogen and oxygen atoms in total. The van der Waals surface area contributed by atoms with Crippen LogP contribution in [0.25, 0.3) is 11.3 Å². The normalized spacial score (nSPS) is 12.1. The minimum atomic E-state index is -0.0184. The van der Waals surface area contributed by atoms with Gasteiger partial charge in [0.1, 0.15) is 0 Å². The lowest BCUT2D eigenvalue weighted by atomic mass is 10.0. The fourth-order valence-electron chi connectivity index (χ4n) is 1.76. The van der Waals surface area contributed by atoms with Crippen LogP contribution in [0.3, 0.4) is 0 Å². The number of aromatic nitrogens is 2. The highest BCUT2D eigenvalue weighted by molar-refractivity contribution is 5.73. The summed E-state index contributed by atoms with van der Waals surface area (Å²) in [4.78, 5) is 11.0. The Morgan fingerprint density at radius 2 is 2.00 bits per heavy atom. The van der Waals surface area contributed by atoms with Gasteiger partial charge in [0.2, 0.25) is 5.91 Å². The van der Waals surface area contributed by atoms with Crippen molar-refractivity contribution < 1.29 is 4.79 Å². The number of amides is 1. The molecule has 4 heteroatoms. The summed E-state index contributed by atoms with van der Waals surface area (Å²) in [6, 6.07) is 10.0. The maximum atomic E-state index is 11.0. The van der Waals surface area contributed by atoms with E-state index in [4.69, 9.17) is 0 Å². The van der Waals surface area contributed by atoms with Crippen LogP contribution in [0, 0.1) is 0 Å². The van der Waals surface area contributed by atoms with Crippen LogP contribution in [-0.4, -0.2) is 16.1 Å². The third-order valence-corrected chi connectivity index (χ3v) is 2.64. The van der Waals surface area contributed by atoms with Gasteiger partial charge in [0.05, 0.1) is 11.7 Å². The van der Waals surface area contributed by atoms with Gasteiger partial charge in [-0.05, 0) is 24.1 Å². The molecule has 2 N–H and O–H groups in total. The predicted octanol–water partition coefficient (Wildman–Crippen LogP) is 2.27. The Labute approximate surface area is 100 Å². The number of aromatic amines is 1. The molecular weight excluding hydrogens is 214 g/mol. The largest absolute Gasteiger partial charge is 0.350 e. The molecule has 1 atom stereocenters. The molecule has 0 spiro atoms. The van der Waals surface area contributed by atoms with E-state index in [9.17, 15) is 4.79 Å². The second-order valence-corrected chi connectivity index (χ2v) is 4.01. The van der Waals surface area contributed by atoms with Crippen molar-refractivity contribution in [2.24, 2.45) is 0 Å². The Hall–Kier alpha value is -2.10. The summed E-state index contributed by atoms with van der Waals surface area (Å²) in [6.07, 6.45) is 1.73. The molecule has 0 unspecified atom stereocenters. The monoisotopic (exact) mass is 229 g/mol. The zero-order chi connectivity index (χ0) is 12.3. The molecule has 88 valence electrons. The van der Waals surface area contributed by atoms with Gasteiger partial charge in [-0.2, -0.15) is 5.10 Å². The molecule has 0 radical (unpaired) electrons. The molecule has 0 aliphatic heterocycles. The van der Waals surface area contributed by atoms with Crippen molar-refractivity contribution in [3.8, 4) is 11.3 Å². The van der Waals surface area contributed by atoms with Crippen LogP contribution in [0.2, 0.25) is 0 Å². The molecular formula is C13H15N3O. The molecule has 1 amide bonds. The number of hydrogen-bond donors (Lipinski definition) is 2. The summed E-state index contributed by atoms with van der Waals surface area (Å²) in [6.45, 7) is 3.49. The number of nitrogens with one attached hydrogen (secondary N) is 2. The van der Waals surface area contributed by atoms with Crippen molar-refractivity contribution in [1.82, 2.24) is 15.5 Å². The number of carbonyl (C=O) groups is 1. The number of hydrogen-bond acceptors (Lipinski definition) is 2. The van der Waals surface area contributed by atoms with E-state index < -0.39 is 0 Å². The Morgan fingerprint density at radius 3 is 2.53 bits per heavy atom. The summed E-state index contributed by atoms with van der Waals surface area (Å²) in [7, 11) is 0. The summed E-state index contributed by atoms with van der Waals surface area (Å²) in [5.74, 6) is -0.0184. The van der Waals surface area contributed by atoms with E-state index in [1.54, 1.807) is 6.20 Å². The first kappa shape index (κ1) is 11.4. The molecule has 2 aromatic rings. The first-order chi connectivity index (χ1) is 8.16. The summed E-state index contributed by atoms with van der Waals surface area (Å²) < 4.78 is 0. The van der Waals surface area contributed by atoms with Crippen LogP contribution in [0.4, 0.5) is 0 Å². The van der Waals surface area contributed by atoms with Crippen molar-refractivity contribution in [3.05, 3.63) is 42.1 Å². The lowest BCUT2D eigenvalue weighted by Crippen LogP contribution is -2.23. The highest BCUT2D eigenvalue weighted by Crippen LogP contribution is 2.19. The van der Waals surface area contributed by atoms with Gasteiger partial charge >= 0.3 is 0 Å². The fraction of sp³-hybridized carbons (Fsp3) is 0.231. The van der Waals surface area contributed by atoms with Crippen LogP contribution in [0.1, 0.15) is 25.5 Å². The van der Waals surface area contributed by atoms with Crippen molar-refractivity contribution in [3.63, 3.8) is 0 Å². The number of rotatable bonds is 3. The average molecular weight is 229 g/mol. The van der Waals surface area contributed by atoms with Gasteiger partial charge in [0.25, 0.3) is 0 Å². The molecule has 1 aromatic carbocycles. The van der Waals surface area contributed by atoms with Crippen molar-refractivity contribution in [2.75, 3.05) is 0 Å². The van der Waals surface area contributed by atoms with E-state index in [1.807, 2.05) is 37.3 Å². The first-order valence-electron chi connectivity index (χ1n) is 5.53. The van der Waals surface area contributed by atoms with E-state index in [0.29, 0.717) is 0 Å². The quantitative estimate of drug-likeness (QED) is 0.848. The molecule has 1 heterocycles. The second kappa shape index (κ2) is 4.82. The Morgan fingerprint density at radius 1 is 1.29 bits per heavy atom. The van der Waals surface area contributed by atoms with Crippen LogP contribution in [0.15, 0.2) is 36.5 Å². The maximum Gasteiger partial charge on any atom is 0.217 e.